The van der Waals surface area contributed by atoms with Gasteiger partial charge in [0.15, 0.2) is 0 Å². The number of nitrogens with zero attached hydrogens (tertiary/aromatic N) is 1. The summed E-state index contributed by atoms with van der Waals surface area (Å²) in [6.45, 7) is 5.74. The first-order valence-corrected chi connectivity index (χ1v) is 7.77. The maximum absolute atomic E-state index is 12.2. The topological polar surface area (TPSA) is 55.1 Å². The van der Waals surface area contributed by atoms with Crippen molar-refractivity contribution in [2.75, 3.05) is 0 Å². The third-order valence-electron chi connectivity index (χ3n) is 3.53. The van der Waals surface area contributed by atoms with E-state index in [0.717, 1.165) is 27.7 Å². The molecule has 2 aromatic rings. The van der Waals surface area contributed by atoms with Crippen molar-refractivity contribution in [1.29, 1.82) is 0 Å². The fourth-order valence-electron chi connectivity index (χ4n) is 2.28. The van der Waals surface area contributed by atoms with Gasteiger partial charge in [-0.1, -0.05) is 40.1 Å². The van der Waals surface area contributed by atoms with Crippen LogP contribution in [0.2, 0.25) is 0 Å². The van der Waals surface area contributed by atoms with Crippen molar-refractivity contribution in [3.8, 4) is 0 Å². The summed E-state index contributed by atoms with van der Waals surface area (Å²) < 4.78 is 6.12. The Kier molecular flexibility index (Phi) is 5.17. The minimum absolute atomic E-state index is 0.0147. The Morgan fingerprint density at radius 1 is 1.33 bits per heavy atom. The molecule has 1 unspecified atom stereocenters. The van der Waals surface area contributed by atoms with Crippen molar-refractivity contribution in [2.24, 2.45) is 0 Å². The first kappa shape index (κ1) is 15.8. The number of carbonyl (C=O) groups excluding carboxylic acids is 1. The molecule has 4 nitrogen and oxygen atoms in total. The van der Waals surface area contributed by atoms with Crippen LogP contribution in [-0.2, 0) is 11.2 Å². The van der Waals surface area contributed by atoms with Gasteiger partial charge in [-0.3, -0.25) is 4.79 Å². The lowest BCUT2D eigenvalue weighted by atomic mass is 10.0. The van der Waals surface area contributed by atoms with Crippen LogP contribution >= 0.6 is 15.9 Å². The number of hydrogen-bond donors (Lipinski definition) is 1. The maximum Gasteiger partial charge on any atom is 0.225 e. The van der Waals surface area contributed by atoms with E-state index in [1.807, 2.05) is 38.1 Å². The van der Waals surface area contributed by atoms with Crippen LogP contribution in [0, 0.1) is 13.8 Å². The number of aryl methyl sites for hydroxylation is 2. The molecule has 0 fully saturated rings. The van der Waals surface area contributed by atoms with Crippen LogP contribution in [0.3, 0.4) is 0 Å². The Morgan fingerprint density at radius 2 is 2.00 bits per heavy atom. The fourth-order valence-corrected chi connectivity index (χ4v) is 2.54. The number of halogens is 1. The zero-order chi connectivity index (χ0) is 15.4. The molecule has 0 radical (unpaired) electrons. The van der Waals surface area contributed by atoms with E-state index in [9.17, 15) is 4.79 Å². The number of aromatic nitrogens is 1. The normalized spacial score (nSPS) is 12.2. The van der Waals surface area contributed by atoms with Gasteiger partial charge in [0.1, 0.15) is 5.76 Å². The van der Waals surface area contributed by atoms with Crippen LogP contribution < -0.4 is 5.32 Å². The first-order chi connectivity index (χ1) is 10.0. The Morgan fingerprint density at radius 3 is 2.52 bits per heavy atom. The molecule has 0 saturated heterocycles. The minimum Gasteiger partial charge on any atom is -0.361 e. The summed E-state index contributed by atoms with van der Waals surface area (Å²) in [5.74, 6) is 0.693. The van der Waals surface area contributed by atoms with Gasteiger partial charge in [0.25, 0.3) is 0 Å². The van der Waals surface area contributed by atoms with Gasteiger partial charge >= 0.3 is 0 Å². The van der Waals surface area contributed by atoms with Crippen molar-refractivity contribution in [2.45, 2.75) is 39.7 Å². The number of nitrogens with one attached hydrogen (secondary N) is 1. The Bertz CT molecular complexity index is 600. The third-order valence-corrected chi connectivity index (χ3v) is 4.06. The average molecular weight is 351 g/mol. The summed E-state index contributed by atoms with van der Waals surface area (Å²) in [4.78, 5) is 12.2. The summed E-state index contributed by atoms with van der Waals surface area (Å²) in [6, 6.07) is 8.03. The van der Waals surface area contributed by atoms with Crippen molar-refractivity contribution < 1.29 is 9.32 Å². The van der Waals surface area contributed by atoms with E-state index in [1.165, 1.54) is 0 Å². The Labute approximate surface area is 133 Å². The van der Waals surface area contributed by atoms with Crippen molar-refractivity contribution in [1.82, 2.24) is 10.5 Å². The quantitative estimate of drug-likeness (QED) is 0.890. The van der Waals surface area contributed by atoms with Crippen molar-refractivity contribution in [3.05, 3.63) is 51.3 Å². The number of carbonyl (C=O) groups is 1. The highest BCUT2D eigenvalue weighted by Gasteiger charge is 2.17. The van der Waals surface area contributed by atoms with E-state index in [0.29, 0.717) is 12.2 Å². The summed E-state index contributed by atoms with van der Waals surface area (Å²) in [6.07, 6.45) is 1.14. The smallest absolute Gasteiger partial charge is 0.225 e. The summed E-state index contributed by atoms with van der Waals surface area (Å²) in [7, 11) is 0. The SMILES string of the molecule is CCC(NC(=O)Cc1c(C)noc1C)c1ccc(Br)cc1. The van der Waals surface area contributed by atoms with Crippen LogP contribution in [0.4, 0.5) is 0 Å². The van der Waals surface area contributed by atoms with Crippen molar-refractivity contribution in [3.63, 3.8) is 0 Å². The summed E-state index contributed by atoms with van der Waals surface area (Å²) >= 11 is 3.42. The van der Waals surface area contributed by atoms with Crippen LogP contribution in [0.5, 0.6) is 0 Å². The lowest BCUT2D eigenvalue weighted by molar-refractivity contribution is -0.121. The van der Waals surface area contributed by atoms with Crippen LogP contribution in [-0.4, -0.2) is 11.1 Å². The van der Waals surface area contributed by atoms with Gasteiger partial charge < -0.3 is 9.84 Å². The second kappa shape index (κ2) is 6.89. The van der Waals surface area contributed by atoms with Gasteiger partial charge in [-0.05, 0) is 38.0 Å². The standard InChI is InChI=1S/C16H19BrN2O2/c1-4-15(12-5-7-13(17)8-6-12)18-16(20)9-14-10(2)19-21-11(14)3/h5-8,15H,4,9H2,1-3H3,(H,18,20). The highest BCUT2D eigenvalue weighted by Crippen LogP contribution is 2.20. The molecule has 1 aromatic carbocycles. The number of rotatable bonds is 5. The number of benzene rings is 1. The summed E-state index contributed by atoms with van der Waals surface area (Å²) in [5.41, 5.74) is 2.75. The molecule has 1 N–H and O–H groups in total. The summed E-state index contributed by atoms with van der Waals surface area (Å²) in [5, 5.41) is 6.95. The highest BCUT2D eigenvalue weighted by atomic mass is 79.9. The van der Waals surface area contributed by atoms with E-state index in [2.05, 4.69) is 33.3 Å². The first-order valence-electron chi connectivity index (χ1n) is 6.97. The molecule has 0 aliphatic heterocycles. The predicted octanol–water partition coefficient (Wildman–Crippen LogP) is 3.86. The molecule has 1 amide bonds. The molecule has 5 heteroatoms. The molecule has 21 heavy (non-hydrogen) atoms. The van der Waals surface area contributed by atoms with Crippen LogP contribution in [0.15, 0.2) is 33.3 Å². The molecular weight excluding hydrogens is 332 g/mol. The zero-order valence-electron chi connectivity index (χ0n) is 12.4. The molecule has 0 aliphatic rings. The van der Waals surface area contributed by atoms with Crippen molar-refractivity contribution >= 4 is 21.8 Å². The highest BCUT2D eigenvalue weighted by molar-refractivity contribution is 9.10. The molecule has 2 rings (SSSR count). The van der Waals surface area contributed by atoms with E-state index < -0.39 is 0 Å². The molecular formula is C16H19BrN2O2. The van der Waals surface area contributed by atoms with Gasteiger partial charge in [-0.2, -0.15) is 0 Å². The largest absolute Gasteiger partial charge is 0.361 e. The van der Waals surface area contributed by atoms with E-state index in [4.69, 9.17) is 4.52 Å². The van der Waals surface area contributed by atoms with Gasteiger partial charge in [0.05, 0.1) is 18.2 Å². The minimum atomic E-state index is -0.0147. The molecule has 1 atom stereocenters. The molecule has 0 saturated carbocycles. The van der Waals surface area contributed by atoms with Gasteiger partial charge in [-0.15, -0.1) is 0 Å². The second-order valence-electron chi connectivity index (χ2n) is 5.06. The number of hydrogen-bond acceptors (Lipinski definition) is 3. The second-order valence-corrected chi connectivity index (χ2v) is 5.98. The molecule has 0 spiro atoms. The maximum atomic E-state index is 12.2. The third kappa shape index (κ3) is 3.94. The predicted molar refractivity (Wildman–Crippen MR) is 85.0 cm³/mol. The molecule has 1 aromatic heterocycles. The molecule has 0 aliphatic carbocycles. The number of amides is 1. The van der Waals surface area contributed by atoms with Gasteiger partial charge in [0.2, 0.25) is 5.91 Å². The van der Waals surface area contributed by atoms with E-state index in [-0.39, 0.29) is 11.9 Å². The van der Waals surface area contributed by atoms with Gasteiger partial charge in [0, 0.05) is 10.0 Å². The monoisotopic (exact) mass is 350 g/mol. The average Bonchev–Trinajstić information content (AvgIpc) is 2.78. The lowest BCUT2D eigenvalue weighted by Crippen LogP contribution is -2.29. The van der Waals surface area contributed by atoms with E-state index in [1.54, 1.807) is 0 Å². The lowest BCUT2D eigenvalue weighted by Gasteiger charge is -2.17. The molecule has 112 valence electrons. The Hall–Kier alpha value is -1.62. The van der Waals surface area contributed by atoms with Crippen LogP contribution in [0.25, 0.3) is 0 Å². The molecule has 1 heterocycles. The van der Waals surface area contributed by atoms with Crippen LogP contribution in [0.1, 0.15) is 42.0 Å². The van der Waals surface area contributed by atoms with Gasteiger partial charge in [-0.25, -0.2) is 0 Å². The molecule has 0 bridgehead atoms. The zero-order valence-corrected chi connectivity index (χ0v) is 14.0. The Balaban J connectivity index is 2.05. The van der Waals surface area contributed by atoms with E-state index >= 15 is 0 Å². The fraction of sp³-hybridized carbons (Fsp3) is 0.375.